The molecule has 1 aromatic heterocycles. The molecule has 160 valence electrons. The summed E-state index contributed by atoms with van der Waals surface area (Å²) in [6.07, 6.45) is 5.04. The Kier molecular flexibility index (Phi) is 6.13. The number of carbonyl (C=O) groups is 2. The number of nitrogens with zero attached hydrogens (tertiary/aromatic N) is 2. The lowest BCUT2D eigenvalue weighted by atomic mass is 9.84. The van der Waals surface area contributed by atoms with Crippen molar-refractivity contribution in [1.29, 1.82) is 0 Å². The molecule has 4 unspecified atom stereocenters. The first-order chi connectivity index (χ1) is 14.5. The van der Waals surface area contributed by atoms with Crippen LogP contribution in [0.3, 0.4) is 0 Å². The molecule has 2 aliphatic carbocycles. The van der Waals surface area contributed by atoms with E-state index in [-0.39, 0.29) is 17.4 Å². The zero-order valence-electron chi connectivity index (χ0n) is 17.4. The van der Waals surface area contributed by atoms with Gasteiger partial charge in [0.1, 0.15) is 0 Å². The van der Waals surface area contributed by atoms with Gasteiger partial charge in [0.05, 0.1) is 16.7 Å². The van der Waals surface area contributed by atoms with Crippen LogP contribution in [0.1, 0.15) is 39.5 Å². The fraction of sp³-hybridized carbons (Fsp3) is 0.545. The fourth-order valence-electron chi connectivity index (χ4n) is 5.09. The van der Waals surface area contributed by atoms with Crippen molar-refractivity contribution in [2.45, 2.75) is 57.3 Å². The molecule has 2 bridgehead atoms. The molecule has 3 amide bonds. The molecule has 2 aliphatic rings. The molecule has 0 spiro atoms. The zero-order valence-corrected chi connectivity index (χ0v) is 18.2. The molecule has 2 fully saturated rings. The third kappa shape index (κ3) is 4.24. The third-order valence-corrected chi connectivity index (χ3v) is 7.50. The first-order valence-electron chi connectivity index (χ1n) is 10.7. The predicted octanol–water partition coefficient (Wildman–Crippen LogP) is 3.16. The molecule has 7 nitrogen and oxygen atoms in total. The SMILES string of the molecule is CCn1c(SCC(=O)NC(=O)NC(C)C2CC3CCC2C3)nc2ccccc2c1=O. The number of urea groups is 1. The van der Waals surface area contributed by atoms with Gasteiger partial charge in [-0.15, -0.1) is 0 Å². The van der Waals surface area contributed by atoms with Crippen LogP contribution in [0.15, 0.2) is 34.2 Å². The van der Waals surface area contributed by atoms with Gasteiger partial charge in [-0.05, 0) is 63.0 Å². The van der Waals surface area contributed by atoms with Gasteiger partial charge in [0.25, 0.3) is 5.56 Å². The molecule has 2 aromatic rings. The Morgan fingerprint density at radius 1 is 1.27 bits per heavy atom. The fourth-order valence-corrected chi connectivity index (χ4v) is 5.95. The maximum Gasteiger partial charge on any atom is 0.321 e. The van der Waals surface area contributed by atoms with E-state index in [9.17, 15) is 14.4 Å². The highest BCUT2D eigenvalue weighted by Gasteiger charge is 2.42. The van der Waals surface area contributed by atoms with Gasteiger partial charge in [0, 0.05) is 12.6 Å². The normalized spacial score (nSPS) is 23.5. The van der Waals surface area contributed by atoms with Crippen molar-refractivity contribution >= 4 is 34.6 Å². The first-order valence-corrected chi connectivity index (χ1v) is 11.7. The number of hydrogen-bond donors (Lipinski definition) is 2. The number of nitrogens with one attached hydrogen (secondary N) is 2. The van der Waals surface area contributed by atoms with E-state index in [0.29, 0.717) is 34.4 Å². The number of hydrogen-bond acceptors (Lipinski definition) is 5. The molecule has 4 atom stereocenters. The second kappa shape index (κ2) is 8.79. The Bertz CT molecular complexity index is 1020. The molecular weight excluding hydrogens is 400 g/mol. The molecule has 30 heavy (non-hydrogen) atoms. The molecular formula is C22H28N4O3S. The molecule has 0 aliphatic heterocycles. The lowest BCUT2D eigenvalue weighted by Gasteiger charge is -2.28. The summed E-state index contributed by atoms with van der Waals surface area (Å²) in [7, 11) is 0. The van der Waals surface area contributed by atoms with Crippen LogP contribution < -0.4 is 16.2 Å². The summed E-state index contributed by atoms with van der Waals surface area (Å²) in [5, 5.41) is 6.39. The Morgan fingerprint density at radius 2 is 2.07 bits per heavy atom. The Labute approximate surface area is 180 Å². The second-order valence-electron chi connectivity index (χ2n) is 8.40. The van der Waals surface area contributed by atoms with E-state index < -0.39 is 11.9 Å². The molecule has 0 radical (unpaired) electrons. The lowest BCUT2D eigenvalue weighted by molar-refractivity contribution is -0.117. The van der Waals surface area contributed by atoms with Crippen molar-refractivity contribution in [3.63, 3.8) is 0 Å². The lowest BCUT2D eigenvalue weighted by Crippen LogP contribution is -2.47. The minimum atomic E-state index is -0.449. The Morgan fingerprint density at radius 3 is 2.77 bits per heavy atom. The van der Waals surface area contributed by atoms with Crippen LogP contribution in [0.2, 0.25) is 0 Å². The van der Waals surface area contributed by atoms with Crippen LogP contribution in [0.4, 0.5) is 4.79 Å². The first kappa shape index (κ1) is 20.9. The number of fused-ring (bicyclic) bond motifs is 3. The Hall–Kier alpha value is -2.35. The molecule has 2 saturated carbocycles. The summed E-state index contributed by atoms with van der Waals surface area (Å²) in [6.45, 7) is 4.36. The van der Waals surface area contributed by atoms with Crippen LogP contribution in [0.25, 0.3) is 10.9 Å². The summed E-state index contributed by atoms with van der Waals surface area (Å²) >= 11 is 1.16. The monoisotopic (exact) mass is 428 g/mol. The van der Waals surface area contributed by atoms with Gasteiger partial charge in [-0.25, -0.2) is 9.78 Å². The summed E-state index contributed by atoms with van der Waals surface area (Å²) in [6, 6.07) is 6.78. The number of para-hydroxylation sites is 1. The summed E-state index contributed by atoms with van der Waals surface area (Å²) in [4.78, 5) is 41.7. The van der Waals surface area contributed by atoms with Gasteiger partial charge < -0.3 is 5.32 Å². The summed E-state index contributed by atoms with van der Waals surface area (Å²) < 4.78 is 1.55. The van der Waals surface area contributed by atoms with Crippen molar-refractivity contribution in [1.82, 2.24) is 20.2 Å². The van der Waals surface area contributed by atoms with Gasteiger partial charge in [-0.2, -0.15) is 0 Å². The maximum atomic E-state index is 12.6. The number of amides is 3. The highest BCUT2D eigenvalue weighted by molar-refractivity contribution is 7.99. The minimum Gasteiger partial charge on any atom is -0.335 e. The average Bonchev–Trinajstić information content (AvgIpc) is 3.36. The van der Waals surface area contributed by atoms with E-state index in [0.717, 1.165) is 17.7 Å². The van der Waals surface area contributed by atoms with E-state index in [4.69, 9.17) is 0 Å². The van der Waals surface area contributed by atoms with Crippen LogP contribution in [-0.2, 0) is 11.3 Å². The molecule has 1 aromatic carbocycles. The Balaban J connectivity index is 1.33. The smallest absolute Gasteiger partial charge is 0.321 e. The van der Waals surface area contributed by atoms with Crippen molar-refractivity contribution in [2.24, 2.45) is 17.8 Å². The van der Waals surface area contributed by atoms with E-state index in [1.807, 2.05) is 26.0 Å². The minimum absolute atomic E-state index is 0.0146. The number of carbonyl (C=O) groups excluding carboxylic acids is 2. The van der Waals surface area contributed by atoms with Gasteiger partial charge in [-0.3, -0.25) is 19.5 Å². The van der Waals surface area contributed by atoms with Crippen molar-refractivity contribution in [3.05, 3.63) is 34.6 Å². The van der Waals surface area contributed by atoms with E-state index in [2.05, 4.69) is 15.6 Å². The van der Waals surface area contributed by atoms with Crippen LogP contribution in [0, 0.1) is 17.8 Å². The van der Waals surface area contributed by atoms with E-state index >= 15 is 0 Å². The quantitative estimate of drug-likeness (QED) is 0.545. The van der Waals surface area contributed by atoms with Gasteiger partial charge >= 0.3 is 6.03 Å². The van der Waals surface area contributed by atoms with Crippen molar-refractivity contribution < 1.29 is 9.59 Å². The topological polar surface area (TPSA) is 93.1 Å². The number of imide groups is 1. The zero-order chi connectivity index (χ0) is 21.3. The molecule has 8 heteroatoms. The number of benzene rings is 1. The van der Waals surface area contributed by atoms with Crippen molar-refractivity contribution in [2.75, 3.05) is 5.75 Å². The van der Waals surface area contributed by atoms with Crippen molar-refractivity contribution in [3.8, 4) is 0 Å². The number of thioether (sulfide) groups is 1. The number of rotatable bonds is 6. The van der Waals surface area contributed by atoms with Gasteiger partial charge in [0.2, 0.25) is 5.91 Å². The van der Waals surface area contributed by atoms with Crippen LogP contribution in [-0.4, -0.2) is 33.3 Å². The second-order valence-corrected chi connectivity index (χ2v) is 9.34. The third-order valence-electron chi connectivity index (χ3n) is 6.52. The summed E-state index contributed by atoms with van der Waals surface area (Å²) in [5.74, 6) is 1.65. The molecule has 1 heterocycles. The maximum absolute atomic E-state index is 12.6. The van der Waals surface area contributed by atoms with E-state index in [1.165, 1.54) is 25.7 Å². The standard InChI is InChI=1S/C22H28N4O3S/c1-3-26-20(28)16-6-4-5-7-18(16)24-22(26)30-12-19(27)25-21(29)23-13(2)17-11-14-8-9-15(17)10-14/h4-7,13-15,17H,3,8-12H2,1-2H3,(H2,23,25,27,29). The largest absolute Gasteiger partial charge is 0.335 e. The molecule has 4 rings (SSSR count). The average molecular weight is 429 g/mol. The molecule has 0 saturated heterocycles. The van der Waals surface area contributed by atoms with Gasteiger partial charge in [-0.1, -0.05) is 30.3 Å². The van der Waals surface area contributed by atoms with Crippen LogP contribution in [0.5, 0.6) is 0 Å². The van der Waals surface area contributed by atoms with Gasteiger partial charge in [0.15, 0.2) is 5.16 Å². The van der Waals surface area contributed by atoms with E-state index in [1.54, 1.807) is 16.7 Å². The highest BCUT2D eigenvalue weighted by atomic mass is 32.2. The van der Waals surface area contributed by atoms with Crippen LogP contribution >= 0.6 is 11.8 Å². The summed E-state index contributed by atoms with van der Waals surface area (Å²) in [5.41, 5.74) is 0.482. The molecule has 2 N–H and O–H groups in total. The number of aromatic nitrogens is 2. The highest BCUT2D eigenvalue weighted by Crippen LogP contribution is 2.49. The predicted molar refractivity (Wildman–Crippen MR) is 117 cm³/mol.